The van der Waals surface area contributed by atoms with E-state index in [1.807, 2.05) is 44.1 Å². The maximum absolute atomic E-state index is 12.6. The summed E-state index contributed by atoms with van der Waals surface area (Å²) in [7, 11) is 3.90. The van der Waals surface area contributed by atoms with Crippen LogP contribution in [-0.4, -0.2) is 52.4 Å². The Bertz CT molecular complexity index is 1360. The number of rotatable bonds is 4. The lowest BCUT2D eigenvalue weighted by molar-refractivity contribution is 0.0949. The van der Waals surface area contributed by atoms with Crippen LogP contribution in [0.25, 0.3) is 21.0 Å². The van der Waals surface area contributed by atoms with Crippen molar-refractivity contribution >= 4 is 55.5 Å². The number of fused-ring (bicyclic) bond motifs is 5. The van der Waals surface area contributed by atoms with Gasteiger partial charge in [-0.15, -0.1) is 11.3 Å². The Labute approximate surface area is 193 Å². The van der Waals surface area contributed by atoms with Gasteiger partial charge >= 0.3 is 0 Å². The van der Waals surface area contributed by atoms with Gasteiger partial charge in [0.2, 0.25) is 17.0 Å². The Hall–Kier alpha value is -3.01. The lowest BCUT2D eigenvalue weighted by atomic mass is 10.1. The molecule has 5 rings (SSSR count). The highest BCUT2D eigenvalue weighted by Crippen LogP contribution is 2.41. The fourth-order valence-corrected chi connectivity index (χ4v) is 5.06. The van der Waals surface area contributed by atoms with Gasteiger partial charge in [-0.3, -0.25) is 4.79 Å². The number of carbonyl (C=O) groups excluding carboxylic acids is 1. The fourth-order valence-electron chi connectivity index (χ4n) is 3.77. The zero-order valence-corrected chi connectivity index (χ0v) is 19.3. The van der Waals surface area contributed by atoms with Crippen molar-refractivity contribution in [3.63, 3.8) is 0 Å². The maximum Gasteiger partial charge on any atom is 0.263 e. The summed E-state index contributed by atoms with van der Waals surface area (Å²) >= 11 is 7.55. The lowest BCUT2D eigenvalue weighted by Gasteiger charge is -2.11. The minimum absolute atomic E-state index is 0.0473. The molecule has 164 valence electrons. The number of carbonyl (C=O) groups is 1. The highest BCUT2D eigenvalue weighted by atomic mass is 35.5. The number of benzene rings is 1. The van der Waals surface area contributed by atoms with E-state index in [-0.39, 0.29) is 17.2 Å². The molecule has 3 aromatic heterocycles. The molecule has 0 bridgehead atoms. The summed E-state index contributed by atoms with van der Waals surface area (Å²) in [6.45, 7) is 3.26. The minimum Gasteiger partial charge on any atom is -0.421 e. The molecule has 4 aromatic rings. The van der Waals surface area contributed by atoms with Crippen molar-refractivity contribution in [2.45, 2.75) is 19.5 Å². The van der Waals surface area contributed by atoms with Crippen LogP contribution >= 0.6 is 22.9 Å². The van der Waals surface area contributed by atoms with Crippen LogP contribution in [0.3, 0.4) is 0 Å². The number of anilines is 1. The van der Waals surface area contributed by atoms with Crippen LogP contribution in [0.2, 0.25) is 5.28 Å². The van der Waals surface area contributed by atoms with Gasteiger partial charge in [-0.25, -0.2) is 9.97 Å². The minimum atomic E-state index is -0.0473. The zero-order chi connectivity index (χ0) is 22.4. The SMILES string of the molecule is C[C@@H]1CNc2c(sc3ccc4nc(Oc5cc(CN(C)C)nc(Cl)n5)ccc4c23)C(=O)N1. The third kappa shape index (κ3) is 3.94. The van der Waals surface area contributed by atoms with Crippen LogP contribution in [0.4, 0.5) is 5.69 Å². The molecule has 1 aromatic carbocycles. The van der Waals surface area contributed by atoms with Gasteiger partial charge < -0.3 is 20.3 Å². The summed E-state index contributed by atoms with van der Waals surface area (Å²) in [5.74, 6) is 0.698. The van der Waals surface area contributed by atoms with E-state index in [4.69, 9.17) is 16.3 Å². The molecule has 4 heterocycles. The standard InChI is InChI=1S/C22H21ClN6O2S/c1-11-9-24-19-18-13-4-7-16(31-17-8-12(10-29(2)3)26-22(23)28-17)27-14(13)5-6-15(18)32-20(19)21(30)25-11/h4-8,11,24H,9-10H2,1-3H3,(H,25,30)/t11-/m1/s1. The number of thiophene rings is 1. The number of aromatic nitrogens is 3. The van der Waals surface area contributed by atoms with Crippen LogP contribution < -0.4 is 15.4 Å². The van der Waals surface area contributed by atoms with Gasteiger partial charge in [0.15, 0.2) is 0 Å². The number of nitrogens with one attached hydrogen (secondary N) is 2. The molecule has 0 fully saturated rings. The third-order valence-corrected chi connectivity index (χ3v) is 6.40. The average molecular weight is 469 g/mol. The van der Waals surface area contributed by atoms with E-state index < -0.39 is 0 Å². The molecule has 0 unspecified atom stereocenters. The quantitative estimate of drug-likeness (QED) is 0.431. The Morgan fingerprint density at radius 3 is 2.84 bits per heavy atom. The molecule has 0 saturated heterocycles. The average Bonchev–Trinajstić information content (AvgIpc) is 3.04. The molecule has 32 heavy (non-hydrogen) atoms. The highest BCUT2D eigenvalue weighted by molar-refractivity contribution is 7.21. The molecule has 1 atom stereocenters. The second-order valence-electron chi connectivity index (χ2n) is 8.02. The van der Waals surface area contributed by atoms with Crippen LogP contribution in [0.15, 0.2) is 30.3 Å². The molecule has 2 N–H and O–H groups in total. The van der Waals surface area contributed by atoms with Crippen molar-refractivity contribution in [2.24, 2.45) is 0 Å². The summed E-state index contributed by atoms with van der Waals surface area (Å²) in [5.41, 5.74) is 2.39. The molecular weight excluding hydrogens is 448 g/mol. The van der Waals surface area contributed by atoms with Crippen molar-refractivity contribution in [1.82, 2.24) is 25.2 Å². The van der Waals surface area contributed by atoms with Crippen LogP contribution in [0.5, 0.6) is 11.8 Å². The van der Waals surface area contributed by atoms with Crippen molar-refractivity contribution in [3.05, 3.63) is 46.2 Å². The second kappa shape index (κ2) is 8.16. The van der Waals surface area contributed by atoms with Gasteiger partial charge in [-0.2, -0.15) is 4.98 Å². The van der Waals surface area contributed by atoms with Crippen molar-refractivity contribution < 1.29 is 9.53 Å². The summed E-state index contributed by atoms with van der Waals surface area (Å²) in [6, 6.07) is 9.50. The number of pyridine rings is 1. The first kappa shape index (κ1) is 20.9. The molecule has 1 amide bonds. The molecule has 8 nitrogen and oxygen atoms in total. The monoisotopic (exact) mass is 468 g/mol. The Morgan fingerprint density at radius 2 is 2.03 bits per heavy atom. The summed E-state index contributed by atoms with van der Waals surface area (Å²) in [5, 5.41) is 8.53. The van der Waals surface area contributed by atoms with Crippen LogP contribution in [-0.2, 0) is 6.54 Å². The number of hydrogen-bond donors (Lipinski definition) is 2. The Morgan fingerprint density at radius 1 is 1.19 bits per heavy atom. The van der Waals surface area contributed by atoms with Crippen LogP contribution in [0, 0.1) is 0 Å². The van der Waals surface area contributed by atoms with E-state index in [0.29, 0.717) is 29.7 Å². The van der Waals surface area contributed by atoms with Crippen LogP contribution in [0.1, 0.15) is 22.3 Å². The summed E-state index contributed by atoms with van der Waals surface area (Å²) in [4.78, 5) is 28.3. The number of ether oxygens (including phenoxy) is 1. The first-order valence-electron chi connectivity index (χ1n) is 10.1. The normalized spacial score (nSPS) is 16.0. The first-order valence-corrected chi connectivity index (χ1v) is 11.3. The Balaban J connectivity index is 1.54. The zero-order valence-electron chi connectivity index (χ0n) is 17.8. The summed E-state index contributed by atoms with van der Waals surface area (Å²) < 4.78 is 6.94. The number of hydrogen-bond acceptors (Lipinski definition) is 8. The topological polar surface area (TPSA) is 92.3 Å². The number of halogens is 1. The Kier molecular flexibility index (Phi) is 5.32. The predicted molar refractivity (Wildman–Crippen MR) is 127 cm³/mol. The predicted octanol–water partition coefficient (Wildman–Crippen LogP) is 4.29. The van der Waals surface area contributed by atoms with Gasteiger partial charge in [0, 0.05) is 46.7 Å². The molecule has 0 saturated carbocycles. The van der Waals surface area contributed by atoms with Crippen molar-refractivity contribution in [1.29, 1.82) is 0 Å². The molecule has 0 radical (unpaired) electrons. The van der Waals surface area contributed by atoms with E-state index in [1.165, 1.54) is 11.3 Å². The fraction of sp³-hybridized carbons (Fsp3) is 0.273. The largest absolute Gasteiger partial charge is 0.421 e. The molecule has 0 aliphatic carbocycles. The highest BCUT2D eigenvalue weighted by Gasteiger charge is 2.24. The maximum atomic E-state index is 12.6. The van der Waals surface area contributed by atoms with Gasteiger partial charge in [0.25, 0.3) is 5.91 Å². The van der Waals surface area contributed by atoms with E-state index in [1.54, 1.807) is 12.1 Å². The second-order valence-corrected chi connectivity index (χ2v) is 9.41. The van der Waals surface area contributed by atoms with Gasteiger partial charge in [-0.1, -0.05) is 0 Å². The molecule has 1 aliphatic heterocycles. The van der Waals surface area contributed by atoms with Crippen molar-refractivity contribution in [2.75, 3.05) is 26.0 Å². The number of amides is 1. The third-order valence-electron chi connectivity index (χ3n) is 5.08. The molecule has 10 heteroatoms. The number of nitrogens with zero attached hydrogens (tertiary/aromatic N) is 4. The van der Waals surface area contributed by atoms with Gasteiger partial charge in [-0.05, 0) is 50.8 Å². The van der Waals surface area contributed by atoms with E-state index in [0.717, 1.165) is 32.4 Å². The molecule has 0 spiro atoms. The first-order chi connectivity index (χ1) is 15.4. The van der Waals surface area contributed by atoms with E-state index >= 15 is 0 Å². The molecular formula is C22H21ClN6O2S. The van der Waals surface area contributed by atoms with E-state index in [2.05, 4.69) is 25.6 Å². The molecule has 1 aliphatic rings. The van der Waals surface area contributed by atoms with Crippen molar-refractivity contribution in [3.8, 4) is 11.8 Å². The van der Waals surface area contributed by atoms with Gasteiger partial charge in [0.05, 0.1) is 16.9 Å². The smallest absolute Gasteiger partial charge is 0.263 e. The lowest BCUT2D eigenvalue weighted by Crippen LogP contribution is -2.34. The van der Waals surface area contributed by atoms with Gasteiger partial charge in [0.1, 0.15) is 4.88 Å². The summed E-state index contributed by atoms with van der Waals surface area (Å²) in [6.07, 6.45) is 0. The van der Waals surface area contributed by atoms with E-state index in [9.17, 15) is 4.79 Å².